The van der Waals surface area contributed by atoms with Gasteiger partial charge in [0, 0.05) is 12.1 Å². The van der Waals surface area contributed by atoms with Crippen molar-refractivity contribution in [1.82, 2.24) is 4.13 Å². The number of sulfonamides is 2. The molecule has 0 heterocycles. The van der Waals surface area contributed by atoms with Crippen LogP contribution in [0.4, 0.5) is 17.6 Å². The third kappa shape index (κ3) is 3.68. The lowest BCUT2D eigenvalue weighted by molar-refractivity contribution is 0.541. The van der Waals surface area contributed by atoms with E-state index in [0.29, 0.717) is 24.3 Å². The minimum atomic E-state index is -4.98. The van der Waals surface area contributed by atoms with E-state index in [9.17, 15) is 34.4 Å². The van der Waals surface area contributed by atoms with Crippen molar-refractivity contribution in [3.8, 4) is 0 Å². The van der Waals surface area contributed by atoms with E-state index in [0.717, 1.165) is 4.13 Å². The Morgan fingerprint density at radius 2 is 1.00 bits per heavy atom. The van der Waals surface area contributed by atoms with Crippen molar-refractivity contribution >= 4 is 20.0 Å². The predicted octanol–water partition coefficient (Wildman–Crippen LogP) is 1.91. The molecule has 0 aliphatic rings. The summed E-state index contributed by atoms with van der Waals surface area (Å²) < 4.78 is 101. The van der Waals surface area contributed by atoms with Crippen LogP contribution in [-0.4, -0.2) is 16.8 Å². The highest BCUT2D eigenvalue weighted by Gasteiger charge is 2.29. The molecule has 0 amide bonds. The third-order valence-corrected chi connectivity index (χ3v) is 6.16. The number of hydrogen-bond acceptors (Lipinski definition) is 4. The van der Waals surface area contributed by atoms with Gasteiger partial charge in [0.05, 0.1) is 0 Å². The van der Waals surface area contributed by atoms with Crippen LogP contribution in [0.25, 0.3) is 0 Å². The Balaban J connectivity index is 2.47. The molecule has 0 aliphatic heterocycles. The highest BCUT2D eigenvalue weighted by atomic mass is 32.3. The Morgan fingerprint density at radius 1 is 0.652 bits per heavy atom. The summed E-state index contributed by atoms with van der Waals surface area (Å²) in [5.41, 5.74) is 0. The van der Waals surface area contributed by atoms with E-state index in [4.69, 9.17) is 0 Å². The molecule has 2 aromatic carbocycles. The Kier molecular flexibility index (Phi) is 4.46. The van der Waals surface area contributed by atoms with Crippen molar-refractivity contribution in [2.75, 3.05) is 0 Å². The van der Waals surface area contributed by atoms with E-state index < -0.39 is 53.1 Å². The smallest absolute Gasteiger partial charge is 0.207 e. The van der Waals surface area contributed by atoms with E-state index in [-0.39, 0.29) is 12.1 Å². The normalized spacial score (nSPS) is 12.3. The van der Waals surface area contributed by atoms with Gasteiger partial charge in [-0.15, -0.1) is 4.13 Å². The number of halogens is 4. The second-order valence-electron chi connectivity index (χ2n) is 4.24. The first-order valence-corrected chi connectivity index (χ1v) is 8.68. The average molecular weight is 369 g/mol. The molecule has 2 aromatic rings. The van der Waals surface area contributed by atoms with Crippen LogP contribution in [0.1, 0.15) is 0 Å². The summed E-state index contributed by atoms with van der Waals surface area (Å²) in [5.74, 6) is -5.22. The van der Waals surface area contributed by atoms with E-state index in [1.807, 2.05) is 0 Å². The molecule has 0 saturated heterocycles. The molecule has 0 radical (unpaired) electrons. The van der Waals surface area contributed by atoms with Crippen LogP contribution >= 0.6 is 0 Å². The van der Waals surface area contributed by atoms with Crippen LogP contribution < -0.4 is 4.13 Å². The zero-order valence-corrected chi connectivity index (χ0v) is 12.6. The second kappa shape index (κ2) is 5.91. The summed E-state index contributed by atoms with van der Waals surface area (Å²) in [7, 11) is -9.96. The van der Waals surface area contributed by atoms with Gasteiger partial charge in [-0.2, -0.15) is 0 Å². The second-order valence-corrected chi connectivity index (χ2v) is 7.80. The maximum Gasteiger partial charge on any atom is 0.256 e. The fourth-order valence-electron chi connectivity index (χ4n) is 1.62. The van der Waals surface area contributed by atoms with Gasteiger partial charge in [-0.25, -0.2) is 34.4 Å². The van der Waals surface area contributed by atoms with Crippen LogP contribution in [0.15, 0.2) is 46.2 Å². The standard InChI is InChI=1S/C12H7F4NO4S2/c13-7-1-3-11(9(15)5-7)22(18,19)17-23(20,21)12-4-2-8(14)6-10(12)16/h1-6,17H. The predicted molar refractivity (Wildman–Crippen MR) is 70.2 cm³/mol. The summed E-state index contributed by atoms with van der Waals surface area (Å²) in [6.45, 7) is 0. The number of benzene rings is 2. The van der Waals surface area contributed by atoms with E-state index in [2.05, 4.69) is 0 Å². The van der Waals surface area contributed by atoms with Gasteiger partial charge in [-0.05, 0) is 24.3 Å². The molecule has 124 valence electrons. The largest absolute Gasteiger partial charge is 0.256 e. The summed E-state index contributed by atoms with van der Waals surface area (Å²) in [5, 5.41) is 0. The Morgan fingerprint density at radius 3 is 1.30 bits per heavy atom. The fraction of sp³-hybridized carbons (Fsp3) is 0. The SMILES string of the molecule is O=S(=O)(NS(=O)(=O)c1ccc(F)cc1F)c1ccc(F)cc1F. The molecule has 1 N–H and O–H groups in total. The molecule has 11 heteroatoms. The van der Waals surface area contributed by atoms with E-state index in [1.54, 1.807) is 0 Å². The summed E-state index contributed by atoms with van der Waals surface area (Å²) in [6, 6.07) is 2.68. The zero-order valence-electron chi connectivity index (χ0n) is 10.9. The molecule has 0 spiro atoms. The maximum atomic E-state index is 13.5. The lowest BCUT2D eigenvalue weighted by Gasteiger charge is -2.09. The minimum absolute atomic E-state index is 0.236. The molecule has 5 nitrogen and oxygen atoms in total. The van der Waals surface area contributed by atoms with Crippen molar-refractivity contribution in [1.29, 1.82) is 0 Å². The van der Waals surface area contributed by atoms with E-state index >= 15 is 0 Å². The van der Waals surface area contributed by atoms with Crippen molar-refractivity contribution in [3.05, 3.63) is 59.7 Å². The lowest BCUT2D eigenvalue weighted by Crippen LogP contribution is -2.32. The van der Waals surface area contributed by atoms with Gasteiger partial charge in [0.2, 0.25) is 0 Å². The summed E-state index contributed by atoms with van der Waals surface area (Å²) >= 11 is 0. The first kappa shape index (κ1) is 17.4. The number of rotatable bonds is 4. The van der Waals surface area contributed by atoms with Crippen molar-refractivity contribution in [2.24, 2.45) is 0 Å². The van der Waals surface area contributed by atoms with Crippen molar-refractivity contribution in [3.63, 3.8) is 0 Å². The Bertz CT molecular complexity index is 895. The van der Waals surface area contributed by atoms with Gasteiger partial charge in [-0.3, -0.25) is 0 Å². The zero-order chi connectivity index (χ0) is 17.4. The highest BCUT2D eigenvalue weighted by Crippen LogP contribution is 2.20. The molecular weight excluding hydrogens is 362 g/mol. The lowest BCUT2D eigenvalue weighted by atomic mass is 10.3. The van der Waals surface area contributed by atoms with Gasteiger partial charge in [0.25, 0.3) is 20.0 Å². The molecule has 0 saturated carbocycles. The first-order chi connectivity index (χ1) is 10.5. The topological polar surface area (TPSA) is 80.3 Å². The van der Waals surface area contributed by atoms with Gasteiger partial charge in [-0.1, -0.05) is 0 Å². The van der Waals surface area contributed by atoms with Gasteiger partial charge >= 0.3 is 0 Å². The fourth-order valence-corrected chi connectivity index (χ4v) is 4.62. The maximum absolute atomic E-state index is 13.5. The quantitative estimate of drug-likeness (QED) is 0.835. The van der Waals surface area contributed by atoms with E-state index in [1.165, 1.54) is 0 Å². The van der Waals surface area contributed by atoms with Gasteiger partial charge in [0.1, 0.15) is 33.1 Å². The number of hydrogen-bond donors (Lipinski definition) is 1. The Labute approximate surface area is 128 Å². The molecule has 0 aliphatic carbocycles. The van der Waals surface area contributed by atoms with Gasteiger partial charge in [0.15, 0.2) is 0 Å². The molecular formula is C12H7F4NO4S2. The third-order valence-electron chi connectivity index (χ3n) is 2.59. The Hall–Kier alpha value is -1.98. The minimum Gasteiger partial charge on any atom is -0.207 e. The average Bonchev–Trinajstić information content (AvgIpc) is 2.35. The van der Waals surface area contributed by atoms with Crippen molar-refractivity contribution in [2.45, 2.75) is 9.79 Å². The highest BCUT2D eigenvalue weighted by molar-refractivity contribution is 8.04. The summed E-state index contributed by atoms with van der Waals surface area (Å²) in [6.07, 6.45) is 0. The molecule has 0 fully saturated rings. The first-order valence-electron chi connectivity index (χ1n) is 5.72. The summed E-state index contributed by atoms with van der Waals surface area (Å²) in [4.78, 5) is -2.30. The van der Waals surface area contributed by atoms with Crippen LogP contribution in [0.3, 0.4) is 0 Å². The van der Waals surface area contributed by atoms with Crippen LogP contribution in [0.2, 0.25) is 0 Å². The van der Waals surface area contributed by atoms with Crippen LogP contribution in [0.5, 0.6) is 0 Å². The molecule has 0 bridgehead atoms. The number of nitrogens with one attached hydrogen (secondary N) is 1. The molecule has 0 unspecified atom stereocenters. The molecule has 0 aromatic heterocycles. The van der Waals surface area contributed by atoms with Crippen molar-refractivity contribution < 1.29 is 34.4 Å². The molecule has 2 rings (SSSR count). The molecule has 0 atom stereocenters. The van der Waals surface area contributed by atoms with Gasteiger partial charge < -0.3 is 0 Å². The monoisotopic (exact) mass is 369 g/mol. The van der Waals surface area contributed by atoms with Crippen LogP contribution in [-0.2, 0) is 20.0 Å². The van der Waals surface area contributed by atoms with Crippen LogP contribution in [0, 0.1) is 23.3 Å². The molecule has 23 heavy (non-hydrogen) atoms.